The third-order valence-electron chi connectivity index (χ3n) is 5.37. The van der Waals surface area contributed by atoms with Crippen molar-refractivity contribution in [3.63, 3.8) is 0 Å². The Bertz CT molecular complexity index is 758. The summed E-state index contributed by atoms with van der Waals surface area (Å²) in [6.45, 7) is 0. The molecule has 2 amide bonds. The third kappa shape index (κ3) is 2.63. The van der Waals surface area contributed by atoms with Crippen LogP contribution in [0.2, 0.25) is 0 Å². The van der Waals surface area contributed by atoms with Crippen LogP contribution in [-0.2, 0) is 19.1 Å². The predicted molar refractivity (Wildman–Crippen MR) is 94.8 cm³/mol. The van der Waals surface area contributed by atoms with Crippen LogP contribution in [0, 0.1) is 17.7 Å². The maximum Gasteiger partial charge on any atom is 0.326 e. The number of esters is 1. The number of thioether (sulfide) groups is 1. The van der Waals surface area contributed by atoms with Gasteiger partial charge in [0, 0.05) is 18.7 Å². The van der Waals surface area contributed by atoms with Crippen molar-refractivity contribution in [1.82, 2.24) is 10.2 Å². The molecule has 1 N–H and O–H groups in total. The minimum Gasteiger partial charge on any atom is -0.468 e. The van der Waals surface area contributed by atoms with E-state index in [0.717, 1.165) is 4.90 Å². The number of methoxy groups -OCH3 is 1. The molecule has 0 bridgehead atoms. The zero-order valence-corrected chi connectivity index (χ0v) is 15.6. The molecule has 140 valence electrons. The van der Waals surface area contributed by atoms with Gasteiger partial charge in [0.1, 0.15) is 11.4 Å². The van der Waals surface area contributed by atoms with Crippen LogP contribution in [-0.4, -0.2) is 54.4 Å². The number of fused-ring (bicyclic) bond motifs is 1. The quantitative estimate of drug-likeness (QED) is 0.614. The molecule has 0 radical (unpaired) electrons. The van der Waals surface area contributed by atoms with Crippen LogP contribution < -0.4 is 5.32 Å². The highest BCUT2D eigenvalue weighted by Crippen LogP contribution is 2.50. The molecule has 0 spiro atoms. The van der Waals surface area contributed by atoms with Gasteiger partial charge >= 0.3 is 5.97 Å². The summed E-state index contributed by atoms with van der Waals surface area (Å²) in [5.74, 6) is -3.09. The first-order valence-corrected chi connectivity index (χ1v) is 9.69. The molecule has 2 aliphatic rings. The fourth-order valence-corrected chi connectivity index (χ4v) is 4.63. The second-order valence-corrected chi connectivity index (χ2v) is 7.57. The third-order valence-corrected chi connectivity index (χ3v) is 5.98. The lowest BCUT2D eigenvalue weighted by molar-refractivity contribution is -0.154. The highest BCUT2D eigenvalue weighted by Gasteiger charge is 2.68. The lowest BCUT2D eigenvalue weighted by Crippen LogP contribution is -2.56. The van der Waals surface area contributed by atoms with E-state index in [9.17, 15) is 18.8 Å². The van der Waals surface area contributed by atoms with Gasteiger partial charge in [-0.15, -0.1) is 0 Å². The van der Waals surface area contributed by atoms with Crippen LogP contribution >= 0.6 is 11.8 Å². The highest BCUT2D eigenvalue weighted by molar-refractivity contribution is 7.98. The van der Waals surface area contributed by atoms with Gasteiger partial charge in [0.25, 0.3) is 0 Å². The molecule has 1 aromatic rings. The molecular formula is C18H21FN2O4S. The average molecular weight is 380 g/mol. The number of halogens is 1. The number of carbonyl (C=O) groups is 3. The van der Waals surface area contributed by atoms with E-state index in [1.54, 1.807) is 18.2 Å². The first-order valence-electron chi connectivity index (χ1n) is 8.30. The molecule has 2 saturated heterocycles. The van der Waals surface area contributed by atoms with E-state index >= 15 is 0 Å². The Morgan fingerprint density at radius 1 is 1.35 bits per heavy atom. The zero-order chi connectivity index (χ0) is 19.1. The molecule has 0 aliphatic carbocycles. The van der Waals surface area contributed by atoms with Gasteiger partial charge in [-0.05, 0) is 24.5 Å². The van der Waals surface area contributed by atoms with Crippen molar-refractivity contribution in [2.24, 2.45) is 11.8 Å². The number of carbonyl (C=O) groups excluding carboxylic acids is 3. The van der Waals surface area contributed by atoms with E-state index in [2.05, 4.69) is 5.32 Å². The molecule has 2 aliphatic heterocycles. The number of nitrogens with one attached hydrogen (secondary N) is 1. The standard InChI is InChI=1S/C18H21FN2O4S/c1-21-15(22)12-13(16(21)23)18(8-9-26-3,17(24)25-2)20-14(12)10-6-4-5-7-11(10)19/h4-7,12-14,20H,8-9H2,1-3H3/t12-,13-,14-,18+/m0/s1. The molecule has 8 heteroatoms. The van der Waals surface area contributed by atoms with Crippen LogP contribution in [0.15, 0.2) is 24.3 Å². The Hall–Kier alpha value is -1.93. The van der Waals surface area contributed by atoms with E-state index in [0.29, 0.717) is 12.2 Å². The number of likely N-dealkylation sites (tertiary alicyclic amines) is 1. The van der Waals surface area contributed by atoms with Crippen molar-refractivity contribution in [3.8, 4) is 0 Å². The van der Waals surface area contributed by atoms with Crippen molar-refractivity contribution in [2.75, 3.05) is 26.2 Å². The number of hydrogen-bond donors (Lipinski definition) is 1. The Balaban J connectivity index is 2.15. The maximum atomic E-state index is 14.4. The van der Waals surface area contributed by atoms with Crippen molar-refractivity contribution < 1.29 is 23.5 Å². The highest BCUT2D eigenvalue weighted by atomic mass is 32.2. The molecule has 4 atom stereocenters. The van der Waals surface area contributed by atoms with Crippen LogP contribution in [0.5, 0.6) is 0 Å². The van der Waals surface area contributed by atoms with Gasteiger partial charge in [-0.2, -0.15) is 11.8 Å². The number of benzene rings is 1. The van der Waals surface area contributed by atoms with Crippen LogP contribution in [0.4, 0.5) is 4.39 Å². The second kappa shape index (κ2) is 7.00. The lowest BCUT2D eigenvalue weighted by Gasteiger charge is -2.32. The van der Waals surface area contributed by atoms with E-state index in [-0.39, 0.29) is 5.56 Å². The monoisotopic (exact) mass is 380 g/mol. The number of ether oxygens (including phenoxy) is 1. The predicted octanol–water partition coefficient (Wildman–Crippen LogP) is 1.37. The Morgan fingerprint density at radius 2 is 2.04 bits per heavy atom. The minimum atomic E-state index is -1.35. The summed E-state index contributed by atoms with van der Waals surface area (Å²) >= 11 is 1.52. The van der Waals surface area contributed by atoms with E-state index in [1.165, 1.54) is 32.0 Å². The summed E-state index contributed by atoms with van der Waals surface area (Å²) in [6.07, 6.45) is 2.19. The number of hydrogen-bond acceptors (Lipinski definition) is 6. The van der Waals surface area contributed by atoms with E-state index in [1.807, 2.05) is 6.26 Å². The molecule has 0 aromatic heterocycles. The zero-order valence-electron chi connectivity index (χ0n) is 14.8. The summed E-state index contributed by atoms with van der Waals surface area (Å²) < 4.78 is 19.4. The molecule has 26 heavy (non-hydrogen) atoms. The summed E-state index contributed by atoms with van der Waals surface area (Å²) in [5.41, 5.74) is -1.08. The van der Waals surface area contributed by atoms with Crippen molar-refractivity contribution in [3.05, 3.63) is 35.6 Å². The van der Waals surface area contributed by atoms with Gasteiger partial charge in [0.05, 0.1) is 18.9 Å². The normalized spacial score (nSPS) is 30.6. The molecule has 2 heterocycles. The Labute approximate surface area is 155 Å². The van der Waals surface area contributed by atoms with Crippen LogP contribution in [0.25, 0.3) is 0 Å². The maximum absolute atomic E-state index is 14.4. The summed E-state index contributed by atoms with van der Waals surface area (Å²) in [5, 5.41) is 3.13. The van der Waals surface area contributed by atoms with Gasteiger partial charge in [0.15, 0.2) is 0 Å². The van der Waals surface area contributed by atoms with Gasteiger partial charge in [0.2, 0.25) is 11.8 Å². The molecule has 0 saturated carbocycles. The minimum absolute atomic E-state index is 0.272. The van der Waals surface area contributed by atoms with Crippen LogP contribution in [0.3, 0.4) is 0 Å². The molecule has 2 fully saturated rings. The Morgan fingerprint density at radius 3 is 2.65 bits per heavy atom. The van der Waals surface area contributed by atoms with E-state index in [4.69, 9.17) is 4.74 Å². The number of rotatable bonds is 5. The SMILES string of the molecule is COC(=O)[C@]1(CCSC)N[C@@H](c2ccccc2F)[C@H]2C(=O)N(C)C(=O)[C@H]21. The molecule has 0 unspecified atom stereocenters. The summed E-state index contributed by atoms with van der Waals surface area (Å²) in [6, 6.07) is 5.32. The lowest BCUT2D eigenvalue weighted by atomic mass is 9.78. The smallest absolute Gasteiger partial charge is 0.326 e. The molecule has 6 nitrogen and oxygen atoms in total. The van der Waals surface area contributed by atoms with Gasteiger partial charge in [-0.1, -0.05) is 18.2 Å². The Kier molecular flexibility index (Phi) is 5.07. The fourth-order valence-electron chi connectivity index (χ4n) is 4.11. The topological polar surface area (TPSA) is 75.7 Å². The number of nitrogens with zero attached hydrogens (tertiary/aromatic N) is 1. The number of amides is 2. The second-order valence-electron chi connectivity index (χ2n) is 6.59. The molecule has 1 aromatic carbocycles. The van der Waals surface area contributed by atoms with Gasteiger partial charge < -0.3 is 4.74 Å². The van der Waals surface area contributed by atoms with Gasteiger partial charge in [-0.3, -0.25) is 24.6 Å². The summed E-state index contributed by atoms with van der Waals surface area (Å²) in [4.78, 5) is 39.3. The number of imide groups is 1. The molecule has 3 rings (SSSR count). The fraction of sp³-hybridized carbons (Fsp3) is 0.500. The van der Waals surface area contributed by atoms with Gasteiger partial charge in [-0.25, -0.2) is 4.39 Å². The van der Waals surface area contributed by atoms with Crippen molar-refractivity contribution in [1.29, 1.82) is 0 Å². The van der Waals surface area contributed by atoms with Crippen molar-refractivity contribution in [2.45, 2.75) is 18.0 Å². The molecular weight excluding hydrogens is 359 g/mol. The van der Waals surface area contributed by atoms with E-state index < -0.39 is 47.0 Å². The first kappa shape index (κ1) is 18.8. The largest absolute Gasteiger partial charge is 0.468 e. The van der Waals surface area contributed by atoms with Crippen LogP contribution in [0.1, 0.15) is 18.0 Å². The van der Waals surface area contributed by atoms with Crippen molar-refractivity contribution >= 4 is 29.5 Å². The summed E-state index contributed by atoms with van der Waals surface area (Å²) in [7, 11) is 2.65. The first-order chi connectivity index (χ1) is 12.4. The average Bonchev–Trinajstić information content (AvgIpc) is 3.10.